The molecule has 3 fully saturated rings. The number of nitrogens with zero attached hydrogens (tertiary/aromatic N) is 2. The summed E-state index contributed by atoms with van der Waals surface area (Å²) in [4.78, 5) is 4.62. The fourth-order valence-corrected chi connectivity index (χ4v) is 5.27. The highest BCUT2D eigenvalue weighted by atomic mass is 15.2. The van der Waals surface area contributed by atoms with Crippen molar-refractivity contribution < 1.29 is 0 Å². The third-order valence-corrected chi connectivity index (χ3v) is 6.46. The molecule has 3 nitrogen and oxygen atoms in total. The summed E-state index contributed by atoms with van der Waals surface area (Å²) >= 11 is 0. The first kappa shape index (κ1) is 13.7. The maximum atomic E-state index is 4.62. The monoisotopic (exact) mass is 287 g/mol. The molecule has 4 unspecified atom stereocenters. The van der Waals surface area contributed by atoms with Gasteiger partial charge in [-0.15, -0.1) is 0 Å². The summed E-state index contributed by atoms with van der Waals surface area (Å²) in [5.41, 5.74) is 0. The Balaban J connectivity index is 1.46. The van der Waals surface area contributed by atoms with Crippen molar-refractivity contribution in [2.45, 2.75) is 76.8 Å². The van der Waals surface area contributed by atoms with Gasteiger partial charge >= 0.3 is 0 Å². The Bertz CT molecular complexity index is 475. The first-order valence-corrected chi connectivity index (χ1v) is 9.10. The van der Waals surface area contributed by atoms with Crippen LogP contribution in [-0.4, -0.2) is 15.6 Å². The molecule has 1 aromatic heterocycles. The van der Waals surface area contributed by atoms with Crippen LogP contribution in [0.4, 0.5) is 5.95 Å². The molecule has 0 aliphatic heterocycles. The SMILES string of the molecule is CC(C1CC2CCC1C2)n1ccnc1NC1CCCCC1. The van der Waals surface area contributed by atoms with Crippen LogP contribution >= 0.6 is 0 Å². The van der Waals surface area contributed by atoms with E-state index in [2.05, 4.69) is 28.0 Å². The summed E-state index contributed by atoms with van der Waals surface area (Å²) in [5, 5.41) is 3.73. The topological polar surface area (TPSA) is 29.9 Å². The van der Waals surface area contributed by atoms with Crippen molar-refractivity contribution in [3.63, 3.8) is 0 Å². The Labute approximate surface area is 128 Å². The Morgan fingerprint density at radius 2 is 2.00 bits per heavy atom. The number of rotatable bonds is 4. The summed E-state index contributed by atoms with van der Waals surface area (Å²) in [6, 6.07) is 1.25. The lowest BCUT2D eigenvalue weighted by Crippen LogP contribution is -2.27. The van der Waals surface area contributed by atoms with Gasteiger partial charge in [-0.1, -0.05) is 25.7 Å². The van der Waals surface area contributed by atoms with Gasteiger partial charge in [0.2, 0.25) is 5.95 Å². The highest BCUT2D eigenvalue weighted by molar-refractivity contribution is 5.29. The van der Waals surface area contributed by atoms with Crippen molar-refractivity contribution in [3.8, 4) is 0 Å². The van der Waals surface area contributed by atoms with E-state index in [1.54, 1.807) is 0 Å². The predicted octanol–water partition coefficient (Wildman–Crippen LogP) is 4.62. The van der Waals surface area contributed by atoms with Crippen LogP contribution in [0.15, 0.2) is 12.4 Å². The van der Waals surface area contributed by atoms with Crippen molar-refractivity contribution in [3.05, 3.63) is 12.4 Å². The zero-order valence-electron chi connectivity index (χ0n) is 13.3. The van der Waals surface area contributed by atoms with Crippen LogP contribution in [0.25, 0.3) is 0 Å². The molecule has 1 aromatic rings. The average Bonchev–Trinajstić information content (AvgIpc) is 3.24. The number of nitrogens with one attached hydrogen (secondary N) is 1. The first-order chi connectivity index (χ1) is 10.3. The summed E-state index contributed by atoms with van der Waals surface area (Å²) in [6.07, 6.45) is 16.9. The van der Waals surface area contributed by atoms with E-state index in [1.165, 1.54) is 57.8 Å². The third-order valence-electron chi connectivity index (χ3n) is 6.46. The van der Waals surface area contributed by atoms with Gasteiger partial charge in [0.1, 0.15) is 0 Å². The molecule has 116 valence electrons. The van der Waals surface area contributed by atoms with Crippen LogP contribution in [0, 0.1) is 17.8 Å². The maximum absolute atomic E-state index is 4.62. The molecule has 0 aromatic carbocycles. The fraction of sp³-hybridized carbons (Fsp3) is 0.833. The summed E-state index contributed by atoms with van der Waals surface area (Å²) in [5.74, 6) is 4.01. The molecule has 1 N–H and O–H groups in total. The molecule has 3 saturated carbocycles. The third kappa shape index (κ3) is 2.60. The van der Waals surface area contributed by atoms with Gasteiger partial charge in [-0.2, -0.15) is 0 Å². The molecule has 1 heterocycles. The fourth-order valence-electron chi connectivity index (χ4n) is 5.27. The van der Waals surface area contributed by atoms with Gasteiger partial charge in [0.25, 0.3) is 0 Å². The summed E-state index contributed by atoms with van der Waals surface area (Å²) in [6.45, 7) is 2.42. The standard InChI is InChI=1S/C18H29N3/c1-13(17-12-14-7-8-15(17)11-14)21-10-9-19-18(21)20-16-5-3-2-4-6-16/h9-10,13-17H,2-8,11-12H2,1H3,(H,19,20). The number of fused-ring (bicyclic) bond motifs is 2. The van der Waals surface area contributed by atoms with Crippen molar-refractivity contribution >= 4 is 5.95 Å². The molecule has 21 heavy (non-hydrogen) atoms. The lowest BCUT2D eigenvalue weighted by atomic mass is 9.84. The number of aromatic nitrogens is 2. The van der Waals surface area contributed by atoms with Gasteiger partial charge < -0.3 is 9.88 Å². The second kappa shape index (κ2) is 5.66. The van der Waals surface area contributed by atoms with Gasteiger partial charge in [0.15, 0.2) is 0 Å². The molecule has 0 spiro atoms. The van der Waals surface area contributed by atoms with Crippen LogP contribution in [0.5, 0.6) is 0 Å². The van der Waals surface area contributed by atoms with Gasteiger partial charge in [-0.3, -0.25) is 0 Å². The number of hydrogen-bond acceptors (Lipinski definition) is 2. The molecule has 0 radical (unpaired) electrons. The zero-order valence-corrected chi connectivity index (χ0v) is 13.3. The largest absolute Gasteiger partial charge is 0.353 e. The van der Waals surface area contributed by atoms with E-state index in [9.17, 15) is 0 Å². The number of hydrogen-bond donors (Lipinski definition) is 1. The molecule has 4 rings (SSSR count). The molecular weight excluding hydrogens is 258 g/mol. The van der Waals surface area contributed by atoms with E-state index in [0.717, 1.165) is 23.7 Å². The van der Waals surface area contributed by atoms with Gasteiger partial charge in [-0.05, 0) is 56.8 Å². The van der Waals surface area contributed by atoms with Crippen LogP contribution in [-0.2, 0) is 0 Å². The van der Waals surface area contributed by atoms with Crippen LogP contribution < -0.4 is 5.32 Å². The van der Waals surface area contributed by atoms with Crippen LogP contribution in [0.1, 0.15) is 70.8 Å². The number of anilines is 1. The van der Waals surface area contributed by atoms with Crippen molar-refractivity contribution in [2.24, 2.45) is 17.8 Å². The lowest BCUT2D eigenvalue weighted by molar-refractivity contribution is 0.244. The molecule has 4 atom stereocenters. The predicted molar refractivity (Wildman–Crippen MR) is 86.4 cm³/mol. The molecular formula is C18H29N3. The Morgan fingerprint density at radius 3 is 2.71 bits per heavy atom. The summed E-state index contributed by atoms with van der Waals surface area (Å²) in [7, 11) is 0. The lowest BCUT2D eigenvalue weighted by Gasteiger charge is -2.31. The highest BCUT2D eigenvalue weighted by Crippen LogP contribution is 2.52. The maximum Gasteiger partial charge on any atom is 0.203 e. The quantitative estimate of drug-likeness (QED) is 0.875. The van der Waals surface area contributed by atoms with Gasteiger partial charge in [0, 0.05) is 24.5 Å². The molecule has 3 aliphatic carbocycles. The molecule has 0 saturated heterocycles. The normalized spacial score (nSPS) is 34.2. The molecule has 3 aliphatic rings. The second-order valence-electron chi connectivity index (χ2n) is 7.72. The average molecular weight is 287 g/mol. The van der Waals surface area contributed by atoms with E-state index in [1.807, 2.05) is 6.20 Å². The Hall–Kier alpha value is -0.990. The first-order valence-electron chi connectivity index (χ1n) is 9.10. The van der Waals surface area contributed by atoms with Gasteiger partial charge in [0.05, 0.1) is 0 Å². The van der Waals surface area contributed by atoms with E-state index >= 15 is 0 Å². The summed E-state index contributed by atoms with van der Waals surface area (Å²) < 4.78 is 2.43. The van der Waals surface area contributed by atoms with E-state index in [4.69, 9.17) is 0 Å². The van der Waals surface area contributed by atoms with Gasteiger partial charge in [-0.25, -0.2) is 4.98 Å². The van der Waals surface area contributed by atoms with Crippen molar-refractivity contribution in [1.82, 2.24) is 9.55 Å². The van der Waals surface area contributed by atoms with E-state index in [-0.39, 0.29) is 0 Å². The molecule has 3 heteroatoms. The highest BCUT2D eigenvalue weighted by Gasteiger charge is 2.42. The van der Waals surface area contributed by atoms with E-state index in [0.29, 0.717) is 12.1 Å². The minimum atomic E-state index is 0.605. The van der Waals surface area contributed by atoms with Crippen LogP contribution in [0.2, 0.25) is 0 Å². The van der Waals surface area contributed by atoms with Crippen molar-refractivity contribution in [2.75, 3.05) is 5.32 Å². The zero-order chi connectivity index (χ0) is 14.2. The Morgan fingerprint density at radius 1 is 1.14 bits per heavy atom. The second-order valence-corrected chi connectivity index (χ2v) is 7.72. The van der Waals surface area contributed by atoms with E-state index < -0.39 is 0 Å². The minimum Gasteiger partial charge on any atom is -0.353 e. The minimum absolute atomic E-state index is 0.605. The smallest absolute Gasteiger partial charge is 0.203 e. The van der Waals surface area contributed by atoms with Crippen LogP contribution in [0.3, 0.4) is 0 Å². The Kier molecular flexibility index (Phi) is 3.68. The van der Waals surface area contributed by atoms with Crippen molar-refractivity contribution in [1.29, 1.82) is 0 Å². The number of imidazole rings is 1. The molecule has 0 amide bonds. The molecule has 2 bridgehead atoms.